The van der Waals surface area contributed by atoms with Crippen LogP contribution in [-0.2, 0) is 25.4 Å². The van der Waals surface area contributed by atoms with Gasteiger partial charge in [-0.25, -0.2) is 14.4 Å². The summed E-state index contributed by atoms with van der Waals surface area (Å²) in [7, 11) is 1.61. The van der Waals surface area contributed by atoms with E-state index in [2.05, 4.69) is 0 Å². The lowest BCUT2D eigenvalue weighted by Crippen LogP contribution is -2.55. The Balaban J connectivity index is 1.31. The van der Waals surface area contributed by atoms with Crippen LogP contribution in [0.25, 0.3) is 0 Å². The van der Waals surface area contributed by atoms with E-state index in [-0.39, 0.29) is 13.0 Å². The van der Waals surface area contributed by atoms with E-state index in [0.717, 1.165) is 16.9 Å². The quantitative estimate of drug-likeness (QED) is 0.101. The zero-order chi connectivity index (χ0) is 34.7. The van der Waals surface area contributed by atoms with Crippen molar-refractivity contribution in [3.8, 4) is 11.5 Å². The minimum absolute atomic E-state index is 0.0563. The predicted octanol–water partition coefficient (Wildman–Crippen LogP) is 7.09. The van der Waals surface area contributed by atoms with Gasteiger partial charge in [0.15, 0.2) is 0 Å². The van der Waals surface area contributed by atoms with Gasteiger partial charge in [0.05, 0.1) is 29.9 Å². The molecule has 1 fully saturated rings. The minimum atomic E-state index is -1.25. The molecule has 5 aromatic carbocycles. The zero-order valence-corrected chi connectivity index (χ0v) is 27.4. The first-order valence-corrected chi connectivity index (χ1v) is 16.2. The van der Waals surface area contributed by atoms with Crippen LogP contribution in [0.1, 0.15) is 48.6 Å². The molecule has 0 spiro atoms. The van der Waals surface area contributed by atoms with Gasteiger partial charge >= 0.3 is 17.9 Å². The summed E-state index contributed by atoms with van der Waals surface area (Å²) in [4.78, 5) is 39.7. The number of para-hydroxylation sites is 1. The fraction of sp³-hybridized carbons (Fsp3) is 0.195. The Labute approximate surface area is 290 Å². The van der Waals surface area contributed by atoms with Crippen LogP contribution in [0.5, 0.6) is 11.5 Å². The average Bonchev–Trinajstić information content (AvgIpc) is 3.17. The second kappa shape index (κ2) is 16.5. The highest BCUT2D eigenvalue weighted by atomic mass is 16.7. The molecule has 0 unspecified atom stereocenters. The lowest BCUT2D eigenvalue weighted by Gasteiger charge is -2.40. The van der Waals surface area contributed by atoms with Crippen molar-refractivity contribution in [3.05, 3.63) is 167 Å². The molecule has 0 aliphatic carbocycles. The second-order valence-corrected chi connectivity index (χ2v) is 11.6. The standard InChI is InChI=1S/C41H36O9/c1-45-33-23-21-28(22-24-33)25-32-19-11-12-20-35(32)49-41-37(50-40(44)31-17-9-4-10-18-31)36(48-39(43)30-15-7-3-8-16-30)26-34(47-41)27-46-38(42)29-13-5-2-6-14-29/h2-24,34,36-37,41H,25-27H2,1H3/t34-,36-,37+,41-/m0/s1. The van der Waals surface area contributed by atoms with Crippen molar-refractivity contribution in [1.82, 2.24) is 0 Å². The molecular formula is C41H36O9. The smallest absolute Gasteiger partial charge is 0.338 e. The van der Waals surface area contributed by atoms with Crippen LogP contribution in [0.2, 0.25) is 0 Å². The third kappa shape index (κ3) is 8.75. The Morgan fingerprint density at radius 2 is 1.18 bits per heavy atom. The van der Waals surface area contributed by atoms with Crippen molar-refractivity contribution in [2.75, 3.05) is 13.7 Å². The summed E-state index contributed by atoms with van der Waals surface area (Å²) in [5, 5.41) is 0. The summed E-state index contributed by atoms with van der Waals surface area (Å²) in [5.41, 5.74) is 2.86. The molecule has 0 aromatic heterocycles. The van der Waals surface area contributed by atoms with E-state index < -0.39 is 42.5 Å². The van der Waals surface area contributed by atoms with Crippen LogP contribution in [0, 0.1) is 0 Å². The molecule has 1 saturated heterocycles. The molecule has 0 bridgehead atoms. The maximum Gasteiger partial charge on any atom is 0.338 e. The fourth-order valence-corrected chi connectivity index (χ4v) is 5.57. The molecule has 1 heterocycles. The number of carbonyl (C=O) groups is 3. The molecule has 50 heavy (non-hydrogen) atoms. The van der Waals surface area contributed by atoms with E-state index in [4.69, 9.17) is 28.4 Å². The molecule has 9 heteroatoms. The Kier molecular flexibility index (Phi) is 11.2. The van der Waals surface area contributed by atoms with Crippen molar-refractivity contribution in [2.24, 2.45) is 0 Å². The largest absolute Gasteiger partial charge is 0.497 e. The summed E-state index contributed by atoms with van der Waals surface area (Å²) in [6.07, 6.45) is -3.66. The highest BCUT2D eigenvalue weighted by Gasteiger charge is 2.46. The number of hydrogen-bond acceptors (Lipinski definition) is 9. The predicted molar refractivity (Wildman–Crippen MR) is 184 cm³/mol. The molecule has 0 radical (unpaired) electrons. The zero-order valence-electron chi connectivity index (χ0n) is 27.4. The van der Waals surface area contributed by atoms with E-state index in [1.165, 1.54) is 0 Å². The lowest BCUT2D eigenvalue weighted by atomic mass is 10.0. The summed E-state index contributed by atoms with van der Waals surface area (Å²) in [5.74, 6) is -0.575. The van der Waals surface area contributed by atoms with Crippen LogP contribution in [-0.4, -0.2) is 56.2 Å². The first-order valence-electron chi connectivity index (χ1n) is 16.2. The van der Waals surface area contributed by atoms with Gasteiger partial charge < -0.3 is 28.4 Å². The number of methoxy groups -OCH3 is 1. The van der Waals surface area contributed by atoms with E-state index >= 15 is 0 Å². The number of esters is 3. The highest BCUT2D eigenvalue weighted by Crippen LogP contribution is 2.32. The van der Waals surface area contributed by atoms with Crippen molar-refractivity contribution in [3.63, 3.8) is 0 Å². The van der Waals surface area contributed by atoms with Crippen LogP contribution in [0.4, 0.5) is 0 Å². The Morgan fingerprint density at radius 1 is 0.640 bits per heavy atom. The van der Waals surface area contributed by atoms with E-state index in [0.29, 0.717) is 28.9 Å². The summed E-state index contributed by atoms with van der Waals surface area (Å²) in [6, 6.07) is 40.7. The van der Waals surface area contributed by atoms with Gasteiger partial charge in [0.1, 0.15) is 24.2 Å². The first kappa shape index (κ1) is 34.0. The molecule has 4 atom stereocenters. The Morgan fingerprint density at radius 3 is 1.78 bits per heavy atom. The number of hydrogen-bond donors (Lipinski definition) is 0. The summed E-state index contributed by atoms with van der Waals surface area (Å²) < 4.78 is 36.0. The Bertz CT molecular complexity index is 1860. The molecule has 1 aliphatic heterocycles. The molecule has 1 aliphatic rings. The van der Waals surface area contributed by atoms with Crippen molar-refractivity contribution < 1.29 is 42.8 Å². The topological polar surface area (TPSA) is 107 Å². The van der Waals surface area contributed by atoms with Gasteiger partial charge in [-0.3, -0.25) is 0 Å². The van der Waals surface area contributed by atoms with E-state index in [1.54, 1.807) is 104 Å². The van der Waals surface area contributed by atoms with Crippen molar-refractivity contribution >= 4 is 17.9 Å². The Hall–Kier alpha value is -5.93. The first-order chi connectivity index (χ1) is 24.5. The van der Waals surface area contributed by atoms with Crippen LogP contribution in [0.3, 0.4) is 0 Å². The number of carbonyl (C=O) groups excluding carboxylic acids is 3. The monoisotopic (exact) mass is 672 g/mol. The highest BCUT2D eigenvalue weighted by molar-refractivity contribution is 5.90. The summed E-state index contributed by atoms with van der Waals surface area (Å²) in [6.45, 7) is -0.167. The van der Waals surface area contributed by atoms with Gasteiger partial charge in [-0.05, 0) is 65.7 Å². The van der Waals surface area contributed by atoms with Gasteiger partial charge in [-0.1, -0.05) is 84.9 Å². The lowest BCUT2D eigenvalue weighted by molar-refractivity contribution is -0.240. The van der Waals surface area contributed by atoms with Gasteiger partial charge in [0, 0.05) is 12.8 Å². The van der Waals surface area contributed by atoms with E-state index in [9.17, 15) is 14.4 Å². The molecule has 0 N–H and O–H groups in total. The number of ether oxygens (including phenoxy) is 6. The maximum atomic E-state index is 13.5. The minimum Gasteiger partial charge on any atom is -0.497 e. The number of benzene rings is 5. The second-order valence-electron chi connectivity index (χ2n) is 11.6. The molecule has 9 nitrogen and oxygen atoms in total. The van der Waals surface area contributed by atoms with Gasteiger partial charge in [-0.2, -0.15) is 0 Å². The molecule has 6 rings (SSSR count). The summed E-state index contributed by atoms with van der Waals surface area (Å²) >= 11 is 0. The van der Waals surface area contributed by atoms with Gasteiger partial charge in [0.25, 0.3) is 0 Å². The fourth-order valence-electron chi connectivity index (χ4n) is 5.57. The van der Waals surface area contributed by atoms with E-state index in [1.807, 2.05) is 42.5 Å². The molecule has 5 aromatic rings. The number of rotatable bonds is 12. The average molecular weight is 673 g/mol. The van der Waals surface area contributed by atoms with Crippen molar-refractivity contribution in [1.29, 1.82) is 0 Å². The molecule has 0 saturated carbocycles. The third-order valence-corrected chi connectivity index (χ3v) is 8.16. The van der Waals surface area contributed by atoms with Crippen LogP contribution >= 0.6 is 0 Å². The van der Waals surface area contributed by atoms with Crippen LogP contribution < -0.4 is 9.47 Å². The van der Waals surface area contributed by atoms with Gasteiger partial charge in [0.2, 0.25) is 12.4 Å². The van der Waals surface area contributed by atoms with Crippen LogP contribution in [0.15, 0.2) is 140 Å². The molecule has 0 amide bonds. The SMILES string of the molecule is COc1ccc(Cc2ccccc2O[C@@H]2O[C@H](COC(=O)c3ccccc3)C[C@H](OC(=O)c3ccccc3)[C@H]2OC(=O)c2ccccc2)cc1. The maximum absolute atomic E-state index is 13.5. The molecule has 254 valence electrons. The normalized spacial score (nSPS) is 18.3. The third-order valence-electron chi connectivity index (χ3n) is 8.16. The van der Waals surface area contributed by atoms with Crippen molar-refractivity contribution in [2.45, 2.75) is 37.4 Å². The molecular weight excluding hydrogens is 636 g/mol. The van der Waals surface area contributed by atoms with Gasteiger partial charge in [-0.15, -0.1) is 0 Å².